The third kappa shape index (κ3) is 5.11. The normalized spacial score (nSPS) is 10.4. The molecule has 0 heterocycles. The summed E-state index contributed by atoms with van der Waals surface area (Å²) in [5, 5.41) is 4.35. The van der Waals surface area contributed by atoms with Gasteiger partial charge in [0.05, 0.1) is 5.75 Å². The van der Waals surface area contributed by atoms with E-state index in [0.717, 1.165) is 11.3 Å². The average Bonchev–Trinajstić information content (AvgIpc) is 2.42. The van der Waals surface area contributed by atoms with Gasteiger partial charge < -0.3 is 5.32 Å². The highest BCUT2D eigenvalue weighted by molar-refractivity contribution is 7.99. The van der Waals surface area contributed by atoms with E-state index in [1.54, 1.807) is 12.1 Å². The molecule has 0 saturated heterocycles. The van der Waals surface area contributed by atoms with Crippen molar-refractivity contribution in [1.29, 1.82) is 0 Å². The van der Waals surface area contributed by atoms with E-state index < -0.39 is 0 Å². The van der Waals surface area contributed by atoms with Crippen LogP contribution in [0.1, 0.15) is 5.56 Å². The summed E-state index contributed by atoms with van der Waals surface area (Å²) in [5.74, 6) is 0.814. The summed E-state index contributed by atoms with van der Waals surface area (Å²) < 4.78 is 0. The maximum absolute atomic E-state index is 11.8. The second-order valence-corrected chi connectivity index (χ2v) is 6.49. The molecule has 0 aliphatic heterocycles. The van der Waals surface area contributed by atoms with Crippen molar-refractivity contribution in [2.24, 2.45) is 0 Å². The van der Waals surface area contributed by atoms with Crippen molar-refractivity contribution in [3.8, 4) is 0 Å². The van der Waals surface area contributed by atoms with E-state index in [0.29, 0.717) is 26.6 Å². The summed E-state index contributed by atoms with van der Waals surface area (Å²) in [7, 11) is 0. The number of carbonyl (C=O) groups excluding carboxylic acids is 1. The van der Waals surface area contributed by atoms with Gasteiger partial charge in [-0.2, -0.15) is 0 Å². The van der Waals surface area contributed by atoms with Crippen LogP contribution in [0.5, 0.6) is 0 Å². The van der Waals surface area contributed by atoms with Gasteiger partial charge in [0.2, 0.25) is 5.91 Å². The lowest BCUT2D eigenvalue weighted by Crippen LogP contribution is -2.14. The third-order valence-corrected chi connectivity index (χ3v) is 4.49. The number of hydrogen-bond donors (Lipinski definition) is 1. The third-order valence-electron chi connectivity index (χ3n) is 2.64. The Bertz CT molecular complexity index is 611. The van der Waals surface area contributed by atoms with Crippen LogP contribution in [0.2, 0.25) is 15.1 Å². The molecule has 2 nitrogen and oxygen atoms in total. The maximum atomic E-state index is 11.8. The number of amides is 1. The maximum Gasteiger partial charge on any atom is 0.234 e. The van der Waals surface area contributed by atoms with Crippen LogP contribution in [0.25, 0.3) is 0 Å². The Hall–Kier alpha value is -0.870. The quantitative estimate of drug-likeness (QED) is 0.760. The summed E-state index contributed by atoms with van der Waals surface area (Å²) >= 11 is 19.5. The van der Waals surface area contributed by atoms with E-state index in [2.05, 4.69) is 5.32 Å². The monoisotopic (exact) mass is 359 g/mol. The lowest BCUT2D eigenvalue weighted by molar-refractivity contribution is -0.113. The van der Waals surface area contributed by atoms with Crippen molar-refractivity contribution in [3.63, 3.8) is 0 Å². The van der Waals surface area contributed by atoms with Crippen LogP contribution in [-0.2, 0) is 10.5 Å². The molecule has 0 saturated carbocycles. The Balaban J connectivity index is 1.86. The molecular formula is C15H12Cl3NOS. The van der Waals surface area contributed by atoms with Crippen LogP contribution >= 0.6 is 46.6 Å². The Kier molecular flexibility index (Phi) is 6.24. The summed E-state index contributed by atoms with van der Waals surface area (Å²) in [4.78, 5) is 11.8. The molecule has 0 radical (unpaired) electrons. The average molecular weight is 361 g/mol. The number of hydrogen-bond acceptors (Lipinski definition) is 2. The summed E-state index contributed by atoms with van der Waals surface area (Å²) in [6, 6.07) is 12.6. The van der Waals surface area contributed by atoms with Crippen molar-refractivity contribution in [2.45, 2.75) is 5.75 Å². The standard InChI is InChI=1S/C15H12Cl3NOS/c16-10-6-13(17)12(14(18)7-10)8-21-9-15(20)19-11-4-2-1-3-5-11/h1-7H,8-9H2,(H,19,20). The van der Waals surface area contributed by atoms with Crippen molar-refractivity contribution < 1.29 is 4.79 Å². The van der Waals surface area contributed by atoms with Crippen molar-refractivity contribution in [3.05, 3.63) is 63.1 Å². The van der Waals surface area contributed by atoms with Crippen molar-refractivity contribution >= 4 is 58.2 Å². The molecular weight excluding hydrogens is 349 g/mol. The molecule has 0 atom stereocenters. The number of para-hydroxylation sites is 1. The molecule has 0 bridgehead atoms. The Labute approximate surface area is 142 Å². The van der Waals surface area contributed by atoms with Crippen LogP contribution in [0.4, 0.5) is 5.69 Å². The lowest BCUT2D eigenvalue weighted by Gasteiger charge is -2.08. The Morgan fingerprint density at radius 1 is 1.05 bits per heavy atom. The van der Waals surface area contributed by atoms with E-state index in [4.69, 9.17) is 34.8 Å². The lowest BCUT2D eigenvalue weighted by atomic mass is 10.2. The van der Waals surface area contributed by atoms with Gasteiger partial charge in [-0.3, -0.25) is 4.79 Å². The fourth-order valence-corrected chi connectivity index (χ4v) is 3.66. The summed E-state index contributed by atoms with van der Waals surface area (Å²) in [5.41, 5.74) is 1.57. The van der Waals surface area contributed by atoms with Gasteiger partial charge in [-0.15, -0.1) is 11.8 Å². The second kappa shape index (κ2) is 7.95. The topological polar surface area (TPSA) is 29.1 Å². The highest BCUT2D eigenvalue weighted by Gasteiger charge is 2.09. The zero-order valence-electron chi connectivity index (χ0n) is 10.9. The Morgan fingerprint density at radius 3 is 2.29 bits per heavy atom. The minimum atomic E-state index is -0.0626. The molecule has 0 fully saturated rings. The van der Waals surface area contributed by atoms with E-state index >= 15 is 0 Å². The molecule has 0 spiro atoms. The van der Waals surface area contributed by atoms with Crippen LogP contribution in [0, 0.1) is 0 Å². The van der Waals surface area contributed by atoms with Gasteiger partial charge in [0.25, 0.3) is 0 Å². The smallest absolute Gasteiger partial charge is 0.234 e. The number of anilines is 1. The molecule has 6 heteroatoms. The Morgan fingerprint density at radius 2 is 1.67 bits per heavy atom. The largest absolute Gasteiger partial charge is 0.325 e. The van der Waals surface area contributed by atoms with Crippen molar-refractivity contribution in [2.75, 3.05) is 11.1 Å². The van der Waals surface area contributed by atoms with Gasteiger partial charge in [0.1, 0.15) is 0 Å². The molecule has 2 aromatic rings. The molecule has 1 amide bonds. The zero-order valence-corrected chi connectivity index (χ0v) is 14.0. The van der Waals surface area contributed by atoms with Gasteiger partial charge in [-0.1, -0.05) is 53.0 Å². The number of rotatable bonds is 5. The van der Waals surface area contributed by atoms with Crippen LogP contribution in [0.15, 0.2) is 42.5 Å². The summed E-state index contributed by atoms with van der Waals surface area (Å²) in [6.45, 7) is 0. The first-order valence-corrected chi connectivity index (χ1v) is 8.41. The molecule has 1 N–H and O–H groups in total. The molecule has 0 aliphatic carbocycles. The second-order valence-electron chi connectivity index (χ2n) is 4.25. The summed E-state index contributed by atoms with van der Waals surface area (Å²) in [6.07, 6.45) is 0. The van der Waals surface area contributed by atoms with Gasteiger partial charge in [-0.25, -0.2) is 0 Å². The SMILES string of the molecule is O=C(CSCc1c(Cl)cc(Cl)cc1Cl)Nc1ccccc1. The highest BCUT2D eigenvalue weighted by Crippen LogP contribution is 2.31. The molecule has 0 unspecified atom stereocenters. The van der Waals surface area contributed by atoms with E-state index in [1.165, 1.54) is 11.8 Å². The fourth-order valence-electron chi connectivity index (χ4n) is 1.67. The number of nitrogens with one attached hydrogen (secondary N) is 1. The van der Waals surface area contributed by atoms with Crippen LogP contribution < -0.4 is 5.32 Å². The molecule has 2 rings (SSSR count). The van der Waals surface area contributed by atoms with Crippen LogP contribution in [0.3, 0.4) is 0 Å². The minimum Gasteiger partial charge on any atom is -0.325 e. The fraction of sp³-hybridized carbons (Fsp3) is 0.133. The number of thioether (sulfide) groups is 1. The highest BCUT2D eigenvalue weighted by atomic mass is 35.5. The first-order chi connectivity index (χ1) is 10.1. The van der Waals surface area contributed by atoms with E-state index in [9.17, 15) is 4.79 Å². The first-order valence-electron chi connectivity index (χ1n) is 6.12. The first kappa shape index (κ1) is 16.5. The van der Waals surface area contributed by atoms with E-state index in [1.807, 2.05) is 30.3 Å². The van der Waals surface area contributed by atoms with Gasteiger partial charge in [0.15, 0.2) is 0 Å². The number of halogens is 3. The zero-order chi connectivity index (χ0) is 15.2. The predicted molar refractivity (Wildman–Crippen MR) is 92.7 cm³/mol. The van der Waals surface area contributed by atoms with Gasteiger partial charge >= 0.3 is 0 Å². The molecule has 110 valence electrons. The molecule has 2 aromatic carbocycles. The minimum absolute atomic E-state index is 0.0626. The number of carbonyl (C=O) groups is 1. The predicted octanol–water partition coefficient (Wildman–Crippen LogP) is 5.52. The van der Waals surface area contributed by atoms with E-state index in [-0.39, 0.29) is 5.91 Å². The van der Waals surface area contributed by atoms with Crippen LogP contribution in [-0.4, -0.2) is 11.7 Å². The molecule has 21 heavy (non-hydrogen) atoms. The van der Waals surface area contributed by atoms with Gasteiger partial charge in [-0.05, 0) is 29.8 Å². The number of benzene rings is 2. The molecule has 0 aliphatic rings. The van der Waals surface area contributed by atoms with Gasteiger partial charge in [0, 0.05) is 26.5 Å². The molecule has 0 aromatic heterocycles. The van der Waals surface area contributed by atoms with Crippen molar-refractivity contribution in [1.82, 2.24) is 0 Å².